The van der Waals surface area contributed by atoms with Gasteiger partial charge < -0.3 is 25.0 Å². The summed E-state index contributed by atoms with van der Waals surface area (Å²) in [4.78, 5) is 7.35. The quantitative estimate of drug-likeness (QED) is 0.364. The van der Waals surface area contributed by atoms with Gasteiger partial charge in [-0.15, -0.1) is 0 Å². The third-order valence-corrected chi connectivity index (χ3v) is 5.35. The van der Waals surface area contributed by atoms with Crippen LogP contribution in [0.1, 0.15) is 51.5 Å². The van der Waals surface area contributed by atoms with Crippen LogP contribution in [0.5, 0.6) is 11.5 Å². The average molecular weight is 391 g/mol. The van der Waals surface area contributed by atoms with Crippen LogP contribution >= 0.6 is 0 Å². The zero-order valence-corrected chi connectivity index (χ0v) is 18.1. The lowest BCUT2D eigenvalue weighted by atomic mass is 10.0. The molecule has 6 heteroatoms. The molecule has 0 bridgehead atoms. The molecule has 1 atom stereocenters. The van der Waals surface area contributed by atoms with Crippen molar-refractivity contribution in [2.24, 2.45) is 4.99 Å². The van der Waals surface area contributed by atoms with Gasteiger partial charge in [-0.1, -0.05) is 6.42 Å². The normalized spacial score (nSPS) is 18.0. The molecule has 2 rings (SSSR count). The van der Waals surface area contributed by atoms with E-state index in [4.69, 9.17) is 14.5 Å². The number of guanidine groups is 1. The van der Waals surface area contributed by atoms with E-state index in [1.165, 1.54) is 38.8 Å². The number of likely N-dealkylation sites (tertiary alicyclic amines) is 1. The molecule has 0 saturated carbocycles. The predicted octanol–water partition coefficient (Wildman–Crippen LogP) is 3.41. The Bertz CT molecular complexity index is 606. The van der Waals surface area contributed by atoms with Gasteiger partial charge in [0.25, 0.3) is 0 Å². The molecule has 1 fully saturated rings. The molecule has 1 heterocycles. The number of aliphatic imine (C=N–C) groups is 1. The summed E-state index contributed by atoms with van der Waals surface area (Å²) >= 11 is 0. The number of benzene rings is 1. The predicted molar refractivity (Wildman–Crippen MR) is 116 cm³/mol. The molecule has 1 aliphatic heterocycles. The summed E-state index contributed by atoms with van der Waals surface area (Å²) in [5.41, 5.74) is 1.04. The van der Waals surface area contributed by atoms with E-state index in [0.717, 1.165) is 48.6 Å². The Hall–Kier alpha value is -1.95. The minimum atomic E-state index is 0.563. The van der Waals surface area contributed by atoms with Crippen molar-refractivity contribution in [3.8, 4) is 11.5 Å². The van der Waals surface area contributed by atoms with E-state index in [-0.39, 0.29) is 0 Å². The zero-order chi connectivity index (χ0) is 20.2. The van der Waals surface area contributed by atoms with Gasteiger partial charge in [-0.05, 0) is 64.8 Å². The molecular weight excluding hydrogens is 352 g/mol. The number of unbranched alkanes of at least 4 members (excludes halogenated alkanes) is 1. The first-order valence-corrected chi connectivity index (χ1v) is 10.6. The maximum absolute atomic E-state index is 5.46. The Balaban J connectivity index is 1.78. The lowest BCUT2D eigenvalue weighted by Crippen LogP contribution is -2.39. The van der Waals surface area contributed by atoms with Gasteiger partial charge in [-0.25, -0.2) is 4.99 Å². The van der Waals surface area contributed by atoms with Crippen LogP contribution in [-0.4, -0.2) is 57.3 Å². The second-order valence-electron chi connectivity index (χ2n) is 7.39. The number of hydrogen-bond acceptors (Lipinski definition) is 4. The zero-order valence-electron chi connectivity index (χ0n) is 18.1. The van der Waals surface area contributed by atoms with Crippen LogP contribution in [0.25, 0.3) is 0 Å². The van der Waals surface area contributed by atoms with Gasteiger partial charge >= 0.3 is 0 Å². The fourth-order valence-corrected chi connectivity index (χ4v) is 3.62. The number of nitrogens with zero attached hydrogens (tertiary/aromatic N) is 2. The maximum atomic E-state index is 5.46. The number of methoxy groups -OCH3 is 2. The van der Waals surface area contributed by atoms with Gasteiger partial charge in [0.1, 0.15) is 11.5 Å². The van der Waals surface area contributed by atoms with Crippen molar-refractivity contribution >= 4 is 5.96 Å². The van der Waals surface area contributed by atoms with E-state index >= 15 is 0 Å². The molecule has 0 amide bonds. The lowest BCUT2D eigenvalue weighted by molar-refractivity contribution is 0.158. The van der Waals surface area contributed by atoms with Crippen LogP contribution in [0.3, 0.4) is 0 Å². The first-order valence-electron chi connectivity index (χ1n) is 10.6. The largest absolute Gasteiger partial charge is 0.497 e. The summed E-state index contributed by atoms with van der Waals surface area (Å²) in [6.45, 7) is 9.27. The molecule has 2 N–H and O–H groups in total. The summed E-state index contributed by atoms with van der Waals surface area (Å²) in [7, 11) is 3.33. The SMILES string of the molecule is CCNC(=NCc1ccc(OC)cc1OC)NCCCCN1CCCCC1C. The molecule has 1 aromatic carbocycles. The van der Waals surface area contributed by atoms with Crippen molar-refractivity contribution in [2.75, 3.05) is 40.4 Å². The van der Waals surface area contributed by atoms with E-state index in [2.05, 4.69) is 29.4 Å². The third kappa shape index (κ3) is 7.23. The first-order chi connectivity index (χ1) is 13.7. The van der Waals surface area contributed by atoms with Gasteiger partial charge in [0.2, 0.25) is 0 Å². The highest BCUT2D eigenvalue weighted by atomic mass is 16.5. The molecule has 1 aliphatic rings. The fourth-order valence-electron chi connectivity index (χ4n) is 3.62. The second kappa shape index (κ2) is 12.5. The van der Waals surface area contributed by atoms with E-state index in [1.807, 2.05) is 18.2 Å². The van der Waals surface area contributed by atoms with Crippen molar-refractivity contribution in [3.05, 3.63) is 23.8 Å². The van der Waals surface area contributed by atoms with Crippen molar-refractivity contribution in [2.45, 2.75) is 58.5 Å². The van der Waals surface area contributed by atoms with Crippen LogP contribution in [0.4, 0.5) is 0 Å². The molecule has 28 heavy (non-hydrogen) atoms. The topological polar surface area (TPSA) is 58.1 Å². The Kier molecular flexibility index (Phi) is 9.97. The Morgan fingerprint density at radius 2 is 2.04 bits per heavy atom. The number of nitrogens with one attached hydrogen (secondary N) is 2. The molecule has 1 saturated heterocycles. The highest BCUT2D eigenvalue weighted by molar-refractivity contribution is 5.79. The van der Waals surface area contributed by atoms with E-state index in [0.29, 0.717) is 6.54 Å². The van der Waals surface area contributed by atoms with Crippen molar-refractivity contribution in [1.82, 2.24) is 15.5 Å². The third-order valence-electron chi connectivity index (χ3n) is 5.35. The van der Waals surface area contributed by atoms with Gasteiger partial charge in [-0.2, -0.15) is 0 Å². The summed E-state index contributed by atoms with van der Waals surface area (Å²) in [5, 5.41) is 6.78. The van der Waals surface area contributed by atoms with Gasteiger partial charge in [-0.3, -0.25) is 0 Å². The minimum absolute atomic E-state index is 0.563. The van der Waals surface area contributed by atoms with E-state index in [9.17, 15) is 0 Å². The Morgan fingerprint density at radius 1 is 1.18 bits per heavy atom. The highest BCUT2D eigenvalue weighted by Gasteiger charge is 2.16. The molecule has 0 spiro atoms. The van der Waals surface area contributed by atoms with Crippen molar-refractivity contribution in [3.63, 3.8) is 0 Å². The van der Waals surface area contributed by atoms with Crippen LogP contribution < -0.4 is 20.1 Å². The van der Waals surface area contributed by atoms with Gasteiger partial charge in [0, 0.05) is 30.8 Å². The Morgan fingerprint density at radius 3 is 2.75 bits per heavy atom. The van der Waals surface area contributed by atoms with Crippen LogP contribution in [-0.2, 0) is 6.54 Å². The summed E-state index contributed by atoms with van der Waals surface area (Å²) < 4.78 is 10.7. The standard InChI is InChI=1S/C22H38N4O2/c1-5-23-22(24-13-7-9-15-26-14-8-6-10-18(26)2)25-17-19-11-12-20(27-3)16-21(19)28-4/h11-12,16,18H,5-10,13-15,17H2,1-4H3,(H2,23,24,25). The monoisotopic (exact) mass is 390 g/mol. The van der Waals surface area contributed by atoms with Crippen molar-refractivity contribution < 1.29 is 9.47 Å². The first kappa shape index (κ1) is 22.3. The average Bonchev–Trinajstić information content (AvgIpc) is 2.72. The maximum Gasteiger partial charge on any atom is 0.191 e. The molecule has 158 valence electrons. The molecule has 0 radical (unpaired) electrons. The molecule has 1 unspecified atom stereocenters. The van der Waals surface area contributed by atoms with Crippen LogP contribution in [0.15, 0.2) is 23.2 Å². The number of hydrogen-bond donors (Lipinski definition) is 2. The molecule has 0 aliphatic carbocycles. The van der Waals surface area contributed by atoms with Gasteiger partial charge in [0.15, 0.2) is 5.96 Å². The smallest absolute Gasteiger partial charge is 0.191 e. The lowest BCUT2D eigenvalue weighted by Gasteiger charge is -2.33. The molecule has 6 nitrogen and oxygen atoms in total. The number of rotatable bonds is 10. The molecule has 0 aromatic heterocycles. The highest BCUT2D eigenvalue weighted by Crippen LogP contribution is 2.25. The minimum Gasteiger partial charge on any atom is -0.497 e. The molecular formula is C22H38N4O2. The number of piperidine rings is 1. The van der Waals surface area contributed by atoms with E-state index < -0.39 is 0 Å². The van der Waals surface area contributed by atoms with E-state index in [1.54, 1.807) is 14.2 Å². The van der Waals surface area contributed by atoms with Crippen LogP contribution in [0, 0.1) is 0 Å². The molecule has 1 aromatic rings. The Labute approximate surface area is 170 Å². The van der Waals surface area contributed by atoms with Gasteiger partial charge in [0.05, 0.1) is 20.8 Å². The summed E-state index contributed by atoms with van der Waals surface area (Å²) in [5.74, 6) is 2.44. The summed E-state index contributed by atoms with van der Waals surface area (Å²) in [6, 6.07) is 6.59. The van der Waals surface area contributed by atoms with Crippen LogP contribution in [0.2, 0.25) is 0 Å². The van der Waals surface area contributed by atoms with Crippen molar-refractivity contribution in [1.29, 1.82) is 0 Å². The number of ether oxygens (including phenoxy) is 2. The summed E-state index contributed by atoms with van der Waals surface area (Å²) in [6.07, 6.45) is 6.47. The second-order valence-corrected chi connectivity index (χ2v) is 7.39. The fraction of sp³-hybridized carbons (Fsp3) is 0.682.